The first-order chi connectivity index (χ1) is 10.6. The number of ether oxygens (including phenoxy) is 2. The molecule has 112 valence electrons. The van der Waals surface area contributed by atoms with E-state index in [0.29, 0.717) is 11.1 Å². The molecule has 22 heavy (non-hydrogen) atoms. The summed E-state index contributed by atoms with van der Waals surface area (Å²) in [5.74, 6) is -0.998. The zero-order valence-corrected chi connectivity index (χ0v) is 12.4. The SMILES string of the molecule is Cc1ccccc1C(=O)OC=COC(=O)c1ccccc1C. The first-order valence-corrected chi connectivity index (χ1v) is 6.78. The van der Waals surface area contributed by atoms with Crippen LogP contribution >= 0.6 is 0 Å². The van der Waals surface area contributed by atoms with Gasteiger partial charge in [-0.25, -0.2) is 9.59 Å². The second-order valence-corrected chi connectivity index (χ2v) is 4.71. The van der Waals surface area contributed by atoms with Crippen LogP contribution in [0.3, 0.4) is 0 Å². The Labute approximate surface area is 129 Å². The number of esters is 2. The number of aryl methyl sites for hydroxylation is 2. The molecule has 2 aromatic carbocycles. The molecular weight excluding hydrogens is 280 g/mol. The lowest BCUT2D eigenvalue weighted by Gasteiger charge is -2.04. The third kappa shape index (κ3) is 3.82. The van der Waals surface area contributed by atoms with Crippen LogP contribution in [0.5, 0.6) is 0 Å². The standard InChI is InChI=1S/C18H16O4/c1-13-7-3-5-9-15(13)17(19)21-11-12-22-18(20)16-10-6-4-8-14(16)2/h3-12H,1-2H3. The van der Waals surface area contributed by atoms with Gasteiger partial charge in [0.2, 0.25) is 0 Å². The monoisotopic (exact) mass is 296 g/mol. The predicted octanol–water partition coefficient (Wildman–Crippen LogP) is 3.79. The Morgan fingerprint density at radius 3 is 1.45 bits per heavy atom. The minimum Gasteiger partial charge on any atom is -0.428 e. The maximum Gasteiger partial charge on any atom is 0.343 e. The van der Waals surface area contributed by atoms with Crippen LogP contribution in [0.1, 0.15) is 31.8 Å². The summed E-state index contributed by atoms with van der Waals surface area (Å²) < 4.78 is 9.86. The Kier molecular flexibility index (Phi) is 5.09. The summed E-state index contributed by atoms with van der Waals surface area (Å²) in [7, 11) is 0. The van der Waals surface area contributed by atoms with Crippen LogP contribution in [0.15, 0.2) is 61.1 Å². The molecule has 0 fully saturated rings. The fraction of sp³-hybridized carbons (Fsp3) is 0.111. The molecule has 0 aliphatic heterocycles. The minimum absolute atomic E-state index is 0.470. The topological polar surface area (TPSA) is 52.6 Å². The number of carbonyl (C=O) groups is 2. The number of hydrogen-bond donors (Lipinski definition) is 0. The zero-order chi connectivity index (χ0) is 15.9. The van der Waals surface area contributed by atoms with Crippen LogP contribution < -0.4 is 0 Å². The van der Waals surface area contributed by atoms with Crippen molar-refractivity contribution in [2.24, 2.45) is 0 Å². The highest BCUT2D eigenvalue weighted by Crippen LogP contribution is 2.10. The number of benzene rings is 2. The van der Waals surface area contributed by atoms with Gasteiger partial charge in [0.1, 0.15) is 12.5 Å². The molecule has 0 saturated heterocycles. The average molecular weight is 296 g/mol. The maximum absolute atomic E-state index is 11.8. The first-order valence-electron chi connectivity index (χ1n) is 6.78. The molecule has 0 aliphatic rings. The van der Waals surface area contributed by atoms with Crippen molar-refractivity contribution in [3.8, 4) is 0 Å². The molecule has 4 heteroatoms. The molecule has 0 radical (unpaired) electrons. The van der Waals surface area contributed by atoms with Gasteiger partial charge in [-0.15, -0.1) is 0 Å². The lowest BCUT2D eigenvalue weighted by atomic mass is 10.1. The van der Waals surface area contributed by atoms with Gasteiger partial charge in [0.05, 0.1) is 11.1 Å². The summed E-state index contributed by atoms with van der Waals surface area (Å²) >= 11 is 0. The Morgan fingerprint density at radius 1 is 0.727 bits per heavy atom. The molecule has 0 saturated carbocycles. The van der Waals surface area contributed by atoms with Crippen LogP contribution in [0, 0.1) is 13.8 Å². The Balaban J connectivity index is 1.91. The third-order valence-corrected chi connectivity index (χ3v) is 3.14. The molecule has 0 aromatic heterocycles. The van der Waals surface area contributed by atoms with E-state index in [1.165, 1.54) is 0 Å². The molecule has 0 unspecified atom stereocenters. The van der Waals surface area contributed by atoms with E-state index in [0.717, 1.165) is 23.7 Å². The summed E-state index contributed by atoms with van der Waals surface area (Å²) in [5.41, 5.74) is 2.57. The van der Waals surface area contributed by atoms with Gasteiger partial charge < -0.3 is 9.47 Å². The smallest absolute Gasteiger partial charge is 0.343 e. The molecule has 2 rings (SSSR count). The number of rotatable bonds is 4. The Bertz CT molecular complexity index is 655. The predicted molar refractivity (Wildman–Crippen MR) is 82.3 cm³/mol. The highest BCUT2D eigenvalue weighted by Gasteiger charge is 2.09. The lowest BCUT2D eigenvalue weighted by Crippen LogP contribution is -2.04. The summed E-state index contributed by atoms with van der Waals surface area (Å²) in [6.07, 6.45) is 2.12. The van der Waals surface area contributed by atoms with Crippen LogP contribution in [0.4, 0.5) is 0 Å². The van der Waals surface area contributed by atoms with Gasteiger partial charge in [0, 0.05) is 0 Å². The van der Waals surface area contributed by atoms with Gasteiger partial charge in [-0.05, 0) is 37.1 Å². The van der Waals surface area contributed by atoms with Crippen molar-refractivity contribution >= 4 is 11.9 Å². The molecule has 0 N–H and O–H groups in total. The molecular formula is C18H16O4. The molecule has 0 atom stereocenters. The number of hydrogen-bond acceptors (Lipinski definition) is 4. The number of carbonyl (C=O) groups excluding carboxylic acids is 2. The van der Waals surface area contributed by atoms with E-state index in [-0.39, 0.29) is 0 Å². The molecule has 0 amide bonds. The van der Waals surface area contributed by atoms with Gasteiger partial charge in [-0.2, -0.15) is 0 Å². The summed E-state index contributed by atoms with van der Waals surface area (Å²) in [4.78, 5) is 23.6. The second-order valence-electron chi connectivity index (χ2n) is 4.71. The van der Waals surface area contributed by atoms with Crippen LogP contribution in [-0.2, 0) is 9.47 Å². The fourth-order valence-corrected chi connectivity index (χ4v) is 1.91. The fourth-order valence-electron chi connectivity index (χ4n) is 1.91. The van der Waals surface area contributed by atoms with E-state index in [1.807, 2.05) is 38.1 Å². The highest BCUT2D eigenvalue weighted by molar-refractivity contribution is 5.92. The van der Waals surface area contributed by atoms with Crippen molar-refractivity contribution in [1.82, 2.24) is 0 Å². The van der Waals surface area contributed by atoms with E-state index in [1.54, 1.807) is 24.3 Å². The largest absolute Gasteiger partial charge is 0.428 e. The molecule has 2 aromatic rings. The lowest BCUT2D eigenvalue weighted by molar-refractivity contribution is 0.0598. The van der Waals surface area contributed by atoms with E-state index in [2.05, 4.69) is 0 Å². The summed E-state index contributed by atoms with van der Waals surface area (Å²) in [6, 6.07) is 14.2. The zero-order valence-electron chi connectivity index (χ0n) is 12.4. The van der Waals surface area contributed by atoms with Crippen molar-refractivity contribution < 1.29 is 19.1 Å². The summed E-state index contributed by atoms with van der Waals surface area (Å²) in [6.45, 7) is 3.64. The average Bonchev–Trinajstić information content (AvgIpc) is 2.52. The summed E-state index contributed by atoms with van der Waals surface area (Å²) in [5, 5.41) is 0. The molecule has 0 bridgehead atoms. The van der Waals surface area contributed by atoms with E-state index in [9.17, 15) is 9.59 Å². The second kappa shape index (κ2) is 7.22. The molecule has 0 spiro atoms. The van der Waals surface area contributed by atoms with Crippen molar-refractivity contribution in [2.45, 2.75) is 13.8 Å². The van der Waals surface area contributed by atoms with Gasteiger partial charge in [-0.3, -0.25) is 0 Å². The van der Waals surface area contributed by atoms with Crippen LogP contribution in [0.25, 0.3) is 0 Å². The first kappa shape index (κ1) is 15.5. The van der Waals surface area contributed by atoms with E-state index < -0.39 is 11.9 Å². The van der Waals surface area contributed by atoms with Gasteiger partial charge >= 0.3 is 11.9 Å². The van der Waals surface area contributed by atoms with Crippen LogP contribution in [-0.4, -0.2) is 11.9 Å². The van der Waals surface area contributed by atoms with Crippen molar-refractivity contribution in [3.05, 3.63) is 83.3 Å². The molecule has 0 heterocycles. The highest BCUT2D eigenvalue weighted by atomic mass is 16.6. The quantitative estimate of drug-likeness (QED) is 0.636. The molecule has 0 aliphatic carbocycles. The van der Waals surface area contributed by atoms with Gasteiger partial charge in [-0.1, -0.05) is 36.4 Å². The minimum atomic E-state index is -0.499. The van der Waals surface area contributed by atoms with Gasteiger partial charge in [0.15, 0.2) is 0 Å². The van der Waals surface area contributed by atoms with Gasteiger partial charge in [0.25, 0.3) is 0 Å². The van der Waals surface area contributed by atoms with Crippen molar-refractivity contribution in [2.75, 3.05) is 0 Å². The Morgan fingerprint density at radius 2 is 1.09 bits per heavy atom. The van der Waals surface area contributed by atoms with Crippen LogP contribution in [0.2, 0.25) is 0 Å². The van der Waals surface area contributed by atoms with E-state index >= 15 is 0 Å². The Hall–Kier alpha value is -2.88. The molecule has 4 nitrogen and oxygen atoms in total. The van der Waals surface area contributed by atoms with Crippen molar-refractivity contribution in [3.63, 3.8) is 0 Å². The van der Waals surface area contributed by atoms with Crippen molar-refractivity contribution in [1.29, 1.82) is 0 Å². The normalized spacial score (nSPS) is 10.5. The third-order valence-electron chi connectivity index (χ3n) is 3.14. The maximum atomic E-state index is 11.8. The van der Waals surface area contributed by atoms with E-state index in [4.69, 9.17) is 9.47 Å².